The summed E-state index contributed by atoms with van der Waals surface area (Å²) in [5.41, 5.74) is 0. The molecule has 124 valence electrons. The molecule has 1 heterocycles. The summed E-state index contributed by atoms with van der Waals surface area (Å²) in [6, 6.07) is 0. The zero-order chi connectivity index (χ0) is 16.2. The molecular weight excluding hydrogens is 282 g/mol. The van der Waals surface area contributed by atoms with Crippen molar-refractivity contribution in [3.05, 3.63) is 12.2 Å². The largest absolute Gasteiger partial charge is 0.444 e. The van der Waals surface area contributed by atoms with Crippen LogP contribution in [0.2, 0.25) is 0 Å². The smallest absolute Gasteiger partial charge is 0.307 e. The van der Waals surface area contributed by atoms with Gasteiger partial charge in [-0.3, -0.25) is 14.4 Å². The van der Waals surface area contributed by atoms with Crippen LogP contribution >= 0.6 is 0 Å². The van der Waals surface area contributed by atoms with Crippen LogP contribution in [0.4, 0.5) is 0 Å². The fourth-order valence-corrected chi connectivity index (χ4v) is 2.35. The number of carbonyl (C=O) groups is 3. The van der Waals surface area contributed by atoms with Crippen molar-refractivity contribution < 1.29 is 19.1 Å². The van der Waals surface area contributed by atoms with E-state index in [9.17, 15) is 14.4 Å². The van der Waals surface area contributed by atoms with Crippen LogP contribution in [0, 0.1) is 0 Å². The molecule has 0 atom stereocenters. The van der Waals surface area contributed by atoms with Gasteiger partial charge >= 0.3 is 5.97 Å². The Morgan fingerprint density at radius 1 is 0.909 bits per heavy atom. The maximum Gasteiger partial charge on any atom is 0.307 e. The van der Waals surface area contributed by atoms with Crippen LogP contribution in [0.1, 0.15) is 71.1 Å². The molecule has 0 saturated carbocycles. The van der Waals surface area contributed by atoms with Crippen LogP contribution < -0.4 is 0 Å². The van der Waals surface area contributed by atoms with Gasteiger partial charge in [0, 0.05) is 18.6 Å². The average molecular weight is 309 g/mol. The molecule has 1 aliphatic heterocycles. The van der Waals surface area contributed by atoms with Gasteiger partial charge in [0.15, 0.2) is 6.73 Å². The molecule has 0 unspecified atom stereocenters. The van der Waals surface area contributed by atoms with Crippen LogP contribution in [-0.4, -0.2) is 29.4 Å². The SMILES string of the molecule is CCCCCCCCCCCC(=O)OCN1C(=O)C=CC1=O. The number of rotatable bonds is 12. The summed E-state index contributed by atoms with van der Waals surface area (Å²) in [5, 5.41) is 0. The van der Waals surface area contributed by atoms with Gasteiger partial charge in [-0.25, -0.2) is 4.90 Å². The Labute approximate surface area is 132 Å². The minimum Gasteiger partial charge on any atom is -0.444 e. The molecule has 22 heavy (non-hydrogen) atoms. The fourth-order valence-electron chi connectivity index (χ4n) is 2.35. The second-order valence-corrected chi connectivity index (χ2v) is 5.66. The number of amides is 2. The van der Waals surface area contributed by atoms with E-state index in [-0.39, 0.29) is 12.7 Å². The highest BCUT2D eigenvalue weighted by Crippen LogP contribution is 2.11. The summed E-state index contributed by atoms with van der Waals surface area (Å²) in [6.45, 7) is 1.94. The van der Waals surface area contributed by atoms with E-state index in [1.54, 1.807) is 0 Å². The molecule has 2 amide bonds. The highest BCUT2D eigenvalue weighted by molar-refractivity contribution is 6.12. The van der Waals surface area contributed by atoms with Crippen LogP contribution in [0.5, 0.6) is 0 Å². The van der Waals surface area contributed by atoms with Crippen molar-refractivity contribution in [1.29, 1.82) is 0 Å². The maximum atomic E-state index is 11.5. The summed E-state index contributed by atoms with van der Waals surface area (Å²) < 4.78 is 4.94. The van der Waals surface area contributed by atoms with E-state index in [0.29, 0.717) is 6.42 Å². The number of hydrogen-bond acceptors (Lipinski definition) is 4. The summed E-state index contributed by atoms with van der Waals surface area (Å²) >= 11 is 0. The molecule has 1 aliphatic rings. The second-order valence-electron chi connectivity index (χ2n) is 5.66. The lowest BCUT2D eigenvalue weighted by Crippen LogP contribution is -2.33. The van der Waals surface area contributed by atoms with Crippen LogP contribution in [-0.2, 0) is 19.1 Å². The van der Waals surface area contributed by atoms with Gasteiger partial charge in [0.05, 0.1) is 0 Å². The maximum absolute atomic E-state index is 11.5. The molecule has 0 aliphatic carbocycles. The van der Waals surface area contributed by atoms with Gasteiger partial charge in [-0.15, -0.1) is 0 Å². The highest BCUT2D eigenvalue weighted by atomic mass is 16.5. The Balaban J connectivity index is 1.93. The first-order valence-electron chi connectivity index (χ1n) is 8.34. The molecule has 5 nitrogen and oxygen atoms in total. The molecule has 1 rings (SSSR count). The monoisotopic (exact) mass is 309 g/mol. The molecule has 0 N–H and O–H groups in total. The Morgan fingerprint density at radius 2 is 1.41 bits per heavy atom. The Bertz CT molecular complexity index is 385. The van der Waals surface area contributed by atoms with Gasteiger partial charge in [0.1, 0.15) is 0 Å². The third-order valence-corrected chi connectivity index (χ3v) is 3.74. The minimum atomic E-state index is -0.430. The van der Waals surface area contributed by atoms with E-state index in [1.165, 1.54) is 50.7 Å². The van der Waals surface area contributed by atoms with E-state index >= 15 is 0 Å². The lowest BCUT2D eigenvalue weighted by molar-refractivity contribution is -0.154. The number of unbranched alkanes of at least 4 members (excludes halogenated alkanes) is 8. The van der Waals surface area contributed by atoms with Gasteiger partial charge in [-0.1, -0.05) is 58.3 Å². The minimum absolute atomic E-state index is 0.277. The Kier molecular flexibility index (Phi) is 9.19. The standard InChI is InChI=1S/C17H27NO4/c1-2-3-4-5-6-7-8-9-10-11-17(21)22-14-18-15(19)12-13-16(18)20/h12-13H,2-11,14H2,1H3. The van der Waals surface area contributed by atoms with E-state index in [2.05, 4.69) is 6.92 Å². The first kappa shape index (κ1) is 18.4. The molecule has 5 heteroatoms. The third-order valence-electron chi connectivity index (χ3n) is 3.74. The lowest BCUT2D eigenvalue weighted by atomic mass is 10.1. The zero-order valence-corrected chi connectivity index (χ0v) is 13.5. The molecule has 0 fully saturated rings. The highest BCUT2D eigenvalue weighted by Gasteiger charge is 2.24. The predicted octanol–water partition coefficient (Wildman–Crippen LogP) is 3.33. The predicted molar refractivity (Wildman–Crippen MR) is 83.8 cm³/mol. The van der Waals surface area contributed by atoms with Crippen molar-refractivity contribution in [3.63, 3.8) is 0 Å². The van der Waals surface area contributed by atoms with Crippen molar-refractivity contribution in [3.8, 4) is 0 Å². The molecular formula is C17H27NO4. The summed E-state index contributed by atoms with van der Waals surface area (Å²) in [6.07, 6.45) is 13.4. The van der Waals surface area contributed by atoms with Gasteiger partial charge in [-0.2, -0.15) is 0 Å². The lowest BCUT2D eigenvalue weighted by Gasteiger charge is -2.13. The molecule has 0 saturated heterocycles. The van der Waals surface area contributed by atoms with Gasteiger partial charge in [0.2, 0.25) is 0 Å². The van der Waals surface area contributed by atoms with Crippen molar-refractivity contribution in [1.82, 2.24) is 4.90 Å². The van der Waals surface area contributed by atoms with Crippen molar-refractivity contribution in [2.45, 2.75) is 71.1 Å². The van der Waals surface area contributed by atoms with Crippen molar-refractivity contribution >= 4 is 17.8 Å². The van der Waals surface area contributed by atoms with E-state index in [1.807, 2.05) is 0 Å². The zero-order valence-electron chi connectivity index (χ0n) is 13.5. The van der Waals surface area contributed by atoms with E-state index in [4.69, 9.17) is 4.74 Å². The number of hydrogen-bond donors (Lipinski definition) is 0. The molecule has 0 aromatic heterocycles. The molecule has 0 spiro atoms. The average Bonchev–Trinajstić information content (AvgIpc) is 2.82. The summed E-state index contributed by atoms with van der Waals surface area (Å²) in [4.78, 5) is 34.9. The summed E-state index contributed by atoms with van der Waals surface area (Å²) in [5.74, 6) is -1.21. The molecule has 0 bridgehead atoms. The van der Waals surface area contributed by atoms with E-state index < -0.39 is 11.8 Å². The number of nitrogens with zero attached hydrogens (tertiary/aromatic N) is 1. The van der Waals surface area contributed by atoms with Crippen molar-refractivity contribution in [2.24, 2.45) is 0 Å². The summed E-state index contributed by atoms with van der Waals surface area (Å²) in [7, 11) is 0. The molecule has 0 aromatic carbocycles. The molecule has 0 radical (unpaired) electrons. The normalized spacial score (nSPS) is 14.0. The number of carbonyl (C=O) groups excluding carboxylic acids is 3. The number of esters is 1. The van der Waals surface area contributed by atoms with Crippen LogP contribution in [0.15, 0.2) is 12.2 Å². The van der Waals surface area contributed by atoms with Gasteiger partial charge < -0.3 is 4.74 Å². The number of imide groups is 1. The topological polar surface area (TPSA) is 63.7 Å². The van der Waals surface area contributed by atoms with Gasteiger partial charge in [0.25, 0.3) is 11.8 Å². The Morgan fingerprint density at radius 3 is 1.95 bits per heavy atom. The quantitative estimate of drug-likeness (QED) is 0.315. The molecule has 0 aromatic rings. The van der Waals surface area contributed by atoms with E-state index in [0.717, 1.165) is 24.2 Å². The van der Waals surface area contributed by atoms with Crippen molar-refractivity contribution in [2.75, 3.05) is 6.73 Å². The number of ether oxygens (including phenoxy) is 1. The van der Waals surface area contributed by atoms with Gasteiger partial charge in [-0.05, 0) is 6.42 Å². The second kappa shape index (κ2) is 11.0. The van der Waals surface area contributed by atoms with Crippen LogP contribution in [0.25, 0.3) is 0 Å². The fraction of sp³-hybridized carbons (Fsp3) is 0.706. The third kappa shape index (κ3) is 7.38. The van der Waals surface area contributed by atoms with Crippen LogP contribution in [0.3, 0.4) is 0 Å². The first-order valence-corrected chi connectivity index (χ1v) is 8.34. The Hall–Kier alpha value is -1.65. The first-order chi connectivity index (χ1) is 10.6.